The summed E-state index contributed by atoms with van der Waals surface area (Å²) in [6, 6.07) is 6.40. The molecule has 2 aliphatic heterocycles. The second kappa shape index (κ2) is 9.28. The lowest BCUT2D eigenvalue weighted by Crippen LogP contribution is -2.42. The second-order valence-electron chi connectivity index (χ2n) is 7.40. The maximum atomic E-state index is 13.8. The Bertz CT molecular complexity index is 664. The van der Waals surface area contributed by atoms with Crippen LogP contribution < -0.4 is 5.32 Å². The molecule has 1 aromatic carbocycles. The lowest BCUT2D eigenvalue weighted by atomic mass is 10.0. The SMILES string of the molecule is C[C@@H](Cc1ccccc1F)NC(=O)[C@@H]1CC(=O)N(CCN2CCOCC2)C1. The maximum Gasteiger partial charge on any atom is 0.225 e. The minimum atomic E-state index is -0.328. The number of nitrogens with zero attached hydrogens (tertiary/aromatic N) is 2. The van der Waals surface area contributed by atoms with Gasteiger partial charge in [-0.15, -0.1) is 0 Å². The molecular formula is C20H28FN3O3. The van der Waals surface area contributed by atoms with E-state index in [-0.39, 0.29) is 36.0 Å². The molecule has 2 saturated heterocycles. The fraction of sp³-hybridized carbons (Fsp3) is 0.600. The number of carbonyl (C=O) groups excluding carboxylic acids is 2. The summed E-state index contributed by atoms with van der Waals surface area (Å²) in [4.78, 5) is 28.8. The zero-order valence-corrected chi connectivity index (χ0v) is 15.8. The van der Waals surface area contributed by atoms with Crippen molar-refractivity contribution in [2.24, 2.45) is 5.92 Å². The van der Waals surface area contributed by atoms with Crippen LogP contribution in [0.1, 0.15) is 18.9 Å². The van der Waals surface area contributed by atoms with E-state index in [1.54, 1.807) is 23.1 Å². The molecule has 27 heavy (non-hydrogen) atoms. The summed E-state index contributed by atoms with van der Waals surface area (Å²) in [5.74, 6) is -0.680. The Morgan fingerprint density at radius 1 is 1.30 bits per heavy atom. The van der Waals surface area contributed by atoms with Gasteiger partial charge in [-0.2, -0.15) is 0 Å². The molecule has 2 atom stereocenters. The largest absolute Gasteiger partial charge is 0.379 e. The third-order valence-electron chi connectivity index (χ3n) is 5.25. The predicted octanol–water partition coefficient (Wildman–Crippen LogP) is 1.05. The van der Waals surface area contributed by atoms with Crippen molar-refractivity contribution in [3.05, 3.63) is 35.6 Å². The molecule has 0 aliphatic carbocycles. The van der Waals surface area contributed by atoms with Crippen LogP contribution in [0.3, 0.4) is 0 Å². The molecule has 0 unspecified atom stereocenters. The average Bonchev–Trinajstić information content (AvgIpc) is 3.04. The molecule has 3 rings (SSSR count). The van der Waals surface area contributed by atoms with E-state index in [0.29, 0.717) is 25.1 Å². The molecule has 148 valence electrons. The number of ether oxygens (including phenoxy) is 1. The Balaban J connectivity index is 1.44. The van der Waals surface area contributed by atoms with Crippen molar-refractivity contribution in [3.8, 4) is 0 Å². The second-order valence-corrected chi connectivity index (χ2v) is 7.40. The van der Waals surface area contributed by atoms with Crippen LogP contribution >= 0.6 is 0 Å². The van der Waals surface area contributed by atoms with Crippen LogP contribution in [-0.4, -0.2) is 73.6 Å². The summed E-state index contributed by atoms with van der Waals surface area (Å²) in [6.07, 6.45) is 0.682. The topological polar surface area (TPSA) is 61.9 Å². The molecule has 0 saturated carbocycles. The van der Waals surface area contributed by atoms with Gasteiger partial charge in [0.05, 0.1) is 19.1 Å². The Morgan fingerprint density at radius 2 is 2.04 bits per heavy atom. The highest BCUT2D eigenvalue weighted by molar-refractivity contribution is 5.89. The number of halogens is 1. The van der Waals surface area contributed by atoms with Gasteiger partial charge in [-0.3, -0.25) is 14.5 Å². The van der Waals surface area contributed by atoms with E-state index < -0.39 is 0 Å². The summed E-state index contributed by atoms with van der Waals surface area (Å²) in [5, 5.41) is 2.93. The van der Waals surface area contributed by atoms with E-state index in [2.05, 4.69) is 10.2 Å². The van der Waals surface area contributed by atoms with Crippen LogP contribution in [0.25, 0.3) is 0 Å². The summed E-state index contributed by atoms with van der Waals surface area (Å²) in [7, 11) is 0. The average molecular weight is 377 g/mol. The molecule has 0 radical (unpaired) electrons. The number of benzene rings is 1. The Labute approximate surface area is 159 Å². The van der Waals surface area contributed by atoms with Crippen LogP contribution in [0, 0.1) is 11.7 Å². The summed E-state index contributed by atoms with van der Waals surface area (Å²) < 4.78 is 19.1. The number of likely N-dealkylation sites (tertiary alicyclic amines) is 1. The van der Waals surface area contributed by atoms with Gasteiger partial charge in [-0.1, -0.05) is 18.2 Å². The van der Waals surface area contributed by atoms with E-state index in [9.17, 15) is 14.0 Å². The van der Waals surface area contributed by atoms with Gasteiger partial charge in [0.15, 0.2) is 0 Å². The molecule has 7 heteroatoms. The van der Waals surface area contributed by atoms with E-state index in [0.717, 1.165) is 32.8 Å². The molecule has 2 amide bonds. The van der Waals surface area contributed by atoms with Crippen molar-refractivity contribution in [1.82, 2.24) is 15.1 Å². The molecule has 1 aromatic rings. The monoisotopic (exact) mass is 377 g/mol. The van der Waals surface area contributed by atoms with Gasteiger partial charge in [0, 0.05) is 45.2 Å². The van der Waals surface area contributed by atoms with E-state index >= 15 is 0 Å². The van der Waals surface area contributed by atoms with Gasteiger partial charge < -0.3 is 15.0 Å². The van der Waals surface area contributed by atoms with Gasteiger partial charge in [0.25, 0.3) is 0 Å². The number of hydrogen-bond donors (Lipinski definition) is 1. The standard InChI is InChI=1S/C20H28FN3O3/c1-15(12-16-4-2-3-5-18(16)21)22-20(26)17-13-19(25)24(14-17)7-6-23-8-10-27-11-9-23/h2-5,15,17H,6-14H2,1H3,(H,22,26)/t15-,17+/m0/s1. The first-order valence-electron chi connectivity index (χ1n) is 9.64. The van der Waals surface area contributed by atoms with Crippen molar-refractivity contribution >= 4 is 11.8 Å². The third kappa shape index (κ3) is 5.49. The molecular weight excluding hydrogens is 349 g/mol. The number of amides is 2. The molecule has 0 bridgehead atoms. The highest BCUT2D eigenvalue weighted by atomic mass is 19.1. The van der Waals surface area contributed by atoms with Gasteiger partial charge in [0.2, 0.25) is 11.8 Å². The van der Waals surface area contributed by atoms with Crippen LogP contribution in [-0.2, 0) is 20.7 Å². The zero-order valence-electron chi connectivity index (χ0n) is 15.8. The van der Waals surface area contributed by atoms with E-state index in [1.165, 1.54) is 6.07 Å². The molecule has 0 spiro atoms. The van der Waals surface area contributed by atoms with Crippen LogP contribution in [0.4, 0.5) is 4.39 Å². The number of hydrogen-bond acceptors (Lipinski definition) is 4. The molecule has 2 heterocycles. The van der Waals surface area contributed by atoms with Gasteiger partial charge in [-0.05, 0) is 25.0 Å². The molecule has 1 N–H and O–H groups in total. The lowest BCUT2D eigenvalue weighted by molar-refractivity contribution is -0.129. The third-order valence-corrected chi connectivity index (χ3v) is 5.25. The lowest BCUT2D eigenvalue weighted by Gasteiger charge is -2.28. The minimum Gasteiger partial charge on any atom is -0.379 e. The van der Waals surface area contributed by atoms with E-state index in [1.807, 2.05) is 6.92 Å². The summed E-state index contributed by atoms with van der Waals surface area (Å²) >= 11 is 0. The molecule has 0 aromatic heterocycles. The normalized spacial score (nSPS) is 22.1. The Hall–Kier alpha value is -1.99. The van der Waals surface area contributed by atoms with Crippen molar-refractivity contribution in [2.75, 3.05) is 45.9 Å². The Morgan fingerprint density at radius 3 is 2.78 bits per heavy atom. The van der Waals surface area contributed by atoms with Crippen LogP contribution in [0.15, 0.2) is 24.3 Å². The maximum absolute atomic E-state index is 13.8. The number of carbonyl (C=O) groups is 2. The summed E-state index contributed by atoms with van der Waals surface area (Å²) in [6.45, 7) is 7.02. The minimum absolute atomic E-state index is 0.0326. The first-order valence-corrected chi connectivity index (χ1v) is 9.64. The fourth-order valence-corrected chi connectivity index (χ4v) is 3.66. The first kappa shape index (κ1) is 19.8. The number of rotatable bonds is 7. The number of morpholine rings is 1. The quantitative estimate of drug-likeness (QED) is 0.772. The van der Waals surface area contributed by atoms with Crippen molar-refractivity contribution in [3.63, 3.8) is 0 Å². The van der Waals surface area contributed by atoms with Crippen LogP contribution in [0.2, 0.25) is 0 Å². The fourth-order valence-electron chi connectivity index (χ4n) is 3.66. The molecule has 2 aliphatic rings. The molecule has 6 nitrogen and oxygen atoms in total. The van der Waals surface area contributed by atoms with Crippen molar-refractivity contribution < 1.29 is 18.7 Å². The van der Waals surface area contributed by atoms with Gasteiger partial charge >= 0.3 is 0 Å². The van der Waals surface area contributed by atoms with Crippen LogP contribution in [0.5, 0.6) is 0 Å². The van der Waals surface area contributed by atoms with E-state index in [4.69, 9.17) is 4.74 Å². The van der Waals surface area contributed by atoms with Crippen molar-refractivity contribution in [2.45, 2.75) is 25.8 Å². The highest BCUT2D eigenvalue weighted by Crippen LogP contribution is 2.18. The van der Waals surface area contributed by atoms with Gasteiger partial charge in [0.1, 0.15) is 5.82 Å². The Kier molecular flexibility index (Phi) is 6.79. The zero-order chi connectivity index (χ0) is 19.2. The van der Waals surface area contributed by atoms with Gasteiger partial charge in [-0.25, -0.2) is 4.39 Å². The summed E-state index contributed by atoms with van der Waals surface area (Å²) in [5.41, 5.74) is 0.583. The molecule has 2 fully saturated rings. The smallest absolute Gasteiger partial charge is 0.225 e. The number of nitrogens with one attached hydrogen (secondary N) is 1. The highest BCUT2D eigenvalue weighted by Gasteiger charge is 2.34. The van der Waals surface area contributed by atoms with Crippen molar-refractivity contribution in [1.29, 1.82) is 0 Å². The first-order chi connectivity index (χ1) is 13.0. The predicted molar refractivity (Wildman–Crippen MR) is 99.7 cm³/mol.